The number of para-hydroxylation sites is 2. The molecule has 100 valence electrons. The standard InChI is InChI=1S/C15H11FN2O2/c16-12-6-2-3-7-13(12)18-15(19)10-20-14-8-4-1-5-11(14)9-17/h1-8H,10H2,(H,18,19). The summed E-state index contributed by atoms with van der Waals surface area (Å²) in [6.45, 7) is -0.299. The van der Waals surface area contributed by atoms with Gasteiger partial charge in [0.15, 0.2) is 6.61 Å². The van der Waals surface area contributed by atoms with Gasteiger partial charge in [-0.05, 0) is 24.3 Å². The van der Waals surface area contributed by atoms with Crippen LogP contribution in [0.2, 0.25) is 0 Å². The smallest absolute Gasteiger partial charge is 0.262 e. The van der Waals surface area contributed by atoms with Crippen molar-refractivity contribution < 1.29 is 13.9 Å². The number of amides is 1. The van der Waals surface area contributed by atoms with Crippen molar-refractivity contribution in [2.75, 3.05) is 11.9 Å². The van der Waals surface area contributed by atoms with Crippen LogP contribution in [0.3, 0.4) is 0 Å². The van der Waals surface area contributed by atoms with Gasteiger partial charge in [0.05, 0.1) is 11.3 Å². The molecule has 0 aliphatic carbocycles. The number of nitrogens with one attached hydrogen (secondary N) is 1. The van der Waals surface area contributed by atoms with Crippen molar-refractivity contribution in [1.29, 1.82) is 5.26 Å². The van der Waals surface area contributed by atoms with Crippen LogP contribution in [0.1, 0.15) is 5.56 Å². The highest BCUT2D eigenvalue weighted by atomic mass is 19.1. The molecule has 0 radical (unpaired) electrons. The zero-order valence-corrected chi connectivity index (χ0v) is 10.5. The third-order valence-electron chi connectivity index (χ3n) is 2.51. The quantitative estimate of drug-likeness (QED) is 0.929. The zero-order valence-electron chi connectivity index (χ0n) is 10.5. The highest BCUT2D eigenvalue weighted by molar-refractivity contribution is 5.92. The number of hydrogen-bond donors (Lipinski definition) is 1. The molecule has 0 fully saturated rings. The summed E-state index contributed by atoms with van der Waals surface area (Å²) < 4.78 is 18.6. The molecule has 2 aromatic rings. The molecule has 0 aliphatic heterocycles. The Kier molecular flexibility index (Phi) is 4.30. The first-order chi connectivity index (χ1) is 9.70. The Hall–Kier alpha value is -2.87. The normalized spacial score (nSPS) is 9.60. The van der Waals surface area contributed by atoms with E-state index < -0.39 is 11.7 Å². The first kappa shape index (κ1) is 13.6. The van der Waals surface area contributed by atoms with E-state index in [0.717, 1.165) is 0 Å². The lowest BCUT2D eigenvalue weighted by Gasteiger charge is -2.08. The Morgan fingerprint density at radius 1 is 1.20 bits per heavy atom. The van der Waals surface area contributed by atoms with Gasteiger partial charge < -0.3 is 10.1 Å². The summed E-state index contributed by atoms with van der Waals surface area (Å²) in [5.41, 5.74) is 0.431. The summed E-state index contributed by atoms with van der Waals surface area (Å²) in [5, 5.41) is 11.3. The minimum absolute atomic E-state index is 0.0923. The van der Waals surface area contributed by atoms with Crippen molar-refractivity contribution in [2.45, 2.75) is 0 Å². The van der Waals surface area contributed by atoms with Gasteiger partial charge in [-0.25, -0.2) is 4.39 Å². The van der Waals surface area contributed by atoms with E-state index in [1.165, 1.54) is 18.2 Å². The molecular weight excluding hydrogens is 259 g/mol. The maximum absolute atomic E-state index is 13.3. The molecule has 2 rings (SSSR count). The van der Waals surface area contributed by atoms with Crippen LogP contribution in [0.5, 0.6) is 5.75 Å². The third kappa shape index (κ3) is 3.33. The van der Waals surface area contributed by atoms with Crippen molar-refractivity contribution in [3.63, 3.8) is 0 Å². The lowest BCUT2D eigenvalue weighted by atomic mass is 10.2. The number of rotatable bonds is 4. The molecule has 0 bridgehead atoms. The van der Waals surface area contributed by atoms with Gasteiger partial charge in [-0.15, -0.1) is 0 Å². The molecular formula is C15H11FN2O2. The van der Waals surface area contributed by atoms with Crippen LogP contribution in [0, 0.1) is 17.1 Å². The Balaban J connectivity index is 1.96. The summed E-state index contributed by atoms with van der Waals surface area (Å²) >= 11 is 0. The average Bonchev–Trinajstić information content (AvgIpc) is 2.48. The molecule has 1 N–H and O–H groups in total. The molecule has 0 saturated heterocycles. The molecule has 20 heavy (non-hydrogen) atoms. The number of anilines is 1. The number of nitriles is 1. The summed E-state index contributed by atoms with van der Waals surface area (Å²) in [6.07, 6.45) is 0. The van der Waals surface area contributed by atoms with Gasteiger partial charge in [-0.2, -0.15) is 5.26 Å². The maximum Gasteiger partial charge on any atom is 0.262 e. The molecule has 0 unspecified atom stereocenters. The van der Waals surface area contributed by atoms with Gasteiger partial charge in [0.25, 0.3) is 5.91 Å². The summed E-state index contributed by atoms with van der Waals surface area (Å²) in [4.78, 5) is 11.7. The largest absolute Gasteiger partial charge is 0.482 e. The zero-order chi connectivity index (χ0) is 14.4. The van der Waals surface area contributed by atoms with E-state index in [2.05, 4.69) is 5.32 Å². The molecule has 0 atom stereocenters. The van der Waals surface area contributed by atoms with Crippen LogP contribution in [0.25, 0.3) is 0 Å². The number of hydrogen-bond acceptors (Lipinski definition) is 3. The SMILES string of the molecule is N#Cc1ccccc1OCC(=O)Nc1ccccc1F. The van der Waals surface area contributed by atoms with E-state index in [1.54, 1.807) is 30.3 Å². The molecule has 5 heteroatoms. The topological polar surface area (TPSA) is 62.1 Å². The van der Waals surface area contributed by atoms with Gasteiger partial charge in [-0.1, -0.05) is 24.3 Å². The lowest BCUT2D eigenvalue weighted by molar-refractivity contribution is -0.118. The third-order valence-corrected chi connectivity index (χ3v) is 2.51. The number of carbonyl (C=O) groups is 1. The van der Waals surface area contributed by atoms with E-state index in [9.17, 15) is 9.18 Å². The van der Waals surface area contributed by atoms with Gasteiger partial charge in [0.2, 0.25) is 0 Å². The Bertz CT molecular complexity index is 665. The first-order valence-corrected chi connectivity index (χ1v) is 5.87. The van der Waals surface area contributed by atoms with Gasteiger partial charge in [-0.3, -0.25) is 4.79 Å². The predicted molar refractivity (Wildman–Crippen MR) is 71.7 cm³/mol. The highest BCUT2D eigenvalue weighted by Crippen LogP contribution is 2.17. The van der Waals surface area contributed by atoms with Crippen LogP contribution in [0.15, 0.2) is 48.5 Å². The Morgan fingerprint density at radius 2 is 1.90 bits per heavy atom. The van der Waals surface area contributed by atoms with Crippen molar-refractivity contribution >= 4 is 11.6 Å². The molecule has 4 nitrogen and oxygen atoms in total. The molecule has 0 aromatic heterocycles. The minimum Gasteiger partial charge on any atom is -0.482 e. The van der Waals surface area contributed by atoms with E-state index in [0.29, 0.717) is 11.3 Å². The summed E-state index contributed by atoms with van der Waals surface area (Å²) in [5.74, 6) is -0.695. The maximum atomic E-state index is 13.3. The van der Waals surface area contributed by atoms with Crippen LogP contribution in [-0.4, -0.2) is 12.5 Å². The number of nitrogens with zero attached hydrogens (tertiary/aromatic N) is 1. The highest BCUT2D eigenvalue weighted by Gasteiger charge is 2.08. The number of benzene rings is 2. The van der Waals surface area contributed by atoms with Crippen LogP contribution >= 0.6 is 0 Å². The molecule has 0 spiro atoms. The molecule has 0 saturated carbocycles. The van der Waals surface area contributed by atoms with Crippen LogP contribution in [-0.2, 0) is 4.79 Å². The van der Waals surface area contributed by atoms with E-state index in [1.807, 2.05) is 6.07 Å². The van der Waals surface area contributed by atoms with Crippen molar-refractivity contribution in [2.24, 2.45) is 0 Å². The average molecular weight is 270 g/mol. The fourth-order valence-corrected chi connectivity index (χ4v) is 1.58. The van der Waals surface area contributed by atoms with E-state index >= 15 is 0 Å². The van der Waals surface area contributed by atoms with Crippen molar-refractivity contribution in [1.82, 2.24) is 0 Å². The second-order valence-corrected chi connectivity index (χ2v) is 3.92. The van der Waals surface area contributed by atoms with Crippen molar-refractivity contribution in [3.05, 3.63) is 59.9 Å². The molecule has 0 aliphatic rings. The number of ether oxygens (including phenoxy) is 1. The molecule has 1 amide bonds. The van der Waals surface area contributed by atoms with Crippen molar-refractivity contribution in [3.8, 4) is 11.8 Å². The first-order valence-electron chi connectivity index (χ1n) is 5.87. The van der Waals surface area contributed by atoms with Gasteiger partial charge in [0, 0.05) is 0 Å². The Morgan fingerprint density at radius 3 is 2.65 bits per heavy atom. The Labute approximate surface area is 115 Å². The van der Waals surface area contributed by atoms with Gasteiger partial charge >= 0.3 is 0 Å². The van der Waals surface area contributed by atoms with E-state index in [4.69, 9.17) is 10.00 Å². The molecule has 0 heterocycles. The second-order valence-electron chi connectivity index (χ2n) is 3.92. The monoisotopic (exact) mass is 270 g/mol. The van der Waals surface area contributed by atoms with Crippen LogP contribution < -0.4 is 10.1 Å². The minimum atomic E-state index is -0.515. The lowest BCUT2D eigenvalue weighted by Crippen LogP contribution is -2.21. The number of halogens is 1. The van der Waals surface area contributed by atoms with E-state index in [-0.39, 0.29) is 12.3 Å². The summed E-state index contributed by atoms with van der Waals surface area (Å²) in [6, 6.07) is 14.4. The fraction of sp³-hybridized carbons (Fsp3) is 0.0667. The van der Waals surface area contributed by atoms with Gasteiger partial charge in [0.1, 0.15) is 17.6 Å². The fourth-order valence-electron chi connectivity index (χ4n) is 1.58. The second kappa shape index (κ2) is 6.34. The molecule has 2 aromatic carbocycles. The summed E-state index contributed by atoms with van der Waals surface area (Å²) in [7, 11) is 0. The van der Waals surface area contributed by atoms with Crippen LogP contribution in [0.4, 0.5) is 10.1 Å². The number of carbonyl (C=O) groups excluding carboxylic acids is 1. The predicted octanol–water partition coefficient (Wildman–Crippen LogP) is 2.71.